The van der Waals surface area contributed by atoms with Gasteiger partial charge in [0.05, 0.1) is 0 Å². The molecule has 0 radical (unpaired) electrons. The van der Waals surface area contributed by atoms with Crippen LogP contribution in [0.3, 0.4) is 0 Å². The van der Waals surface area contributed by atoms with Crippen LogP contribution in [0.2, 0.25) is 0 Å². The smallest absolute Gasteiger partial charge is 0.224 e. The second-order valence-corrected chi connectivity index (χ2v) is 4.09. The predicted octanol–water partition coefficient (Wildman–Crippen LogP) is 1.62. The summed E-state index contributed by atoms with van der Waals surface area (Å²) < 4.78 is 0. The van der Waals surface area contributed by atoms with Crippen LogP contribution in [-0.2, 0) is 4.79 Å². The molecule has 1 rings (SSSR count). The van der Waals surface area contributed by atoms with E-state index >= 15 is 0 Å². The van der Waals surface area contributed by atoms with Crippen LogP contribution in [0.5, 0.6) is 5.75 Å². The van der Waals surface area contributed by atoms with Crippen LogP contribution in [0, 0.1) is 12.8 Å². The summed E-state index contributed by atoms with van der Waals surface area (Å²) in [5.74, 6) is 0.329. The number of aryl methyl sites for hydroxylation is 1. The highest BCUT2D eigenvalue weighted by atomic mass is 16.3. The number of phenolic OH excluding ortho intramolecular Hbond substituents is 1. The van der Waals surface area contributed by atoms with Crippen molar-refractivity contribution in [1.29, 1.82) is 0 Å². The molecular weight excluding hydrogens is 204 g/mol. The fraction of sp³-hybridized carbons (Fsp3) is 0.417. The summed E-state index contributed by atoms with van der Waals surface area (Å²) in [6, 6.07) is 4.85. The number of anilines is 1. The van der Waals surface area contributed by atoms with E-state index in [9.17, 15) is 9.90 Å². The number of nitrogens with two attached hydrogens (primary N) is 1. The molecule has 0 fully saturated rings. The van der Waals surface area contributed by atoms with Crippen LogP contribution in [0.15, 0.2) is 18.2 Å². The molecule has 0 aromatic heterocycles. The number of nitrogens with one attached hydrogen (secondary N) is 1. The molecule has 0 saturated heterocycles. The average molecular weight is 222 g/mol. The molecule has 0 aliphatic rings. The van der Waals surface area contributed by atoms with E-state index in [2.05, 4.69) is 5.32 Å². The number of carbonyl (C=O) groups is 1. The zero-order valence-electron chi connectivity index (χ0n) is 9.66. The van der Waals surface area contributed by atoms with E-state index in [1.54, 1.807) is 18.2 Å². The normalized spacial score (nSPS) is 12.2. The van der Waals surface area contributed by atoms with Gasteiger partial charge in [-0.3, -0.25) is 4.79 Å². The Balaban J connectivity index is 2.63. The maximum atomic E-state index is 11.6. The molecule has 0 aliphatic carbocycles. The van der Waals surface area contributed by atoms with Crippen LogP contribution in [0.4, 0.5) is 5.69 Å². The van der Waals surface area contributed by atoms with Crippen molar-refractivity contribution in [2.45, 2.75) is 20.3 Å². The first kappa shape index (κ1) is 12.5. The van der Waals surface area contributed by atoms with E-state index in [1.807, 2.05) is 13.8 Å². The van der Waals surface area contributed by atoms with Gasteiger partial charge >= 0.3 is 0 Å². The Bertz CT molecular complexity index is 377. The van der Waals surface area contributed by atoms with Gasteiger partial charge in [-0.05, 0) is 43.1 Å². The lowest BCUT2D eigenvalue weighted by molar-refractivity contribution is -0.116. The average Bonchev–Trinajstić information content (AvgIpc) is 2.22. The zero-order valence-corrected chi connectivity index (χ0v) is 9.66. The molecule has 1 aromatic carbocycles. The Morgan fingerprint density at radius 1 is 1.56 bits per heavy atom. The molecule has 4 heteroatoms. The molecule has 0 spiro atoms. The third-order valence-electron chi connectivity index (χ3n) is 2.42. The Morgan fingerprint density at radius 2 is 2.25 bits per heavy atom. The predicted molar refractivity (Wildman–Crippen MR) is 64.3 cm³/mol. The van der Waals surface area contributed by atoms with E-state index in [0.717, 1.165) is 11.3 Å². The Kier molecular flexibility index (Phi) is 4.31. The molecule has 0 bridgehead atoms. The molecule has 1 atom stereocenters. The number of amides is 1. The second-order valence-electron chi connectivity index (χ2n) is 4.09. The van der Waals surface area contributed by atoms with Gasteiger partial charge in [0.2, 0.25) is 5.91 Å². The minimum Gasteiger partial charge on any atom is -0.508 e. The SMILES string of the molecule is Cc1cc(O)ccc1NC(=O)CC(C)CN. The topological polar surface area (TPSA) is 75.3 Å². The summed E-state index contributed by atoms with van der Waals surface area (Å²) >= 11 is 0. The summed E-state index contributed by atoms with van der Waals surface area (Å²) in [4.78, 5) is 11.6. The quantitative estimate of drug-likeness (QED) is 0.678. The number of benzene rings is 1. The van der Waals surface area contributed by atoms with Crippen molar-refractivity contribution in [3.63, 3.8) is 0 Å². The minimum absolute atomic E-state index is 0.0493. The molecule has 4 N–H and O–H groups in total. The van der Waals surface area contributed by atoms with Crippen LogP contribution >= 0.6 is 0 Å². The first-order chi connectivity index (χ1) is 7.52. The summed E-state index contributed by atoms with van der Waals surface area (Å²) in [5, 5.41) is 12.0. The molecule has 1 aromatic rings. The Morgan fingerprint density at radius 3 is 2.81 bits per heavy atom. The van der Waals surface area contributed by atoms with Crippen molar-refractivity contribution in [3.05, 3.63) is 23.8 Å². The highest BCUT2D eigenvalue weighted by molar-refractivity contribution is 5.91. The second kappa shape index (κ2) is 5.51. The van der Waals surface area contributed by atoms with E-state index in [-0.39, 0.29) is 17.6 Å². The van der Waals surface area contributed by atoms with E-state index in [0.29, 0.717) is 13.0 Å². The van der Waals surface area contributed by atoms with Gasteiger partial charge in [-0.25, -0.2) is 0 Å². The molecule has 4 nitrogen and oxygen atoms in total. The summed E-state index contributed by atoms with van der Waals surface area (Å²) in [6.07, 6.45) is 0.414. The molecule has 16 heavy (non-hydrogen) atoms. The van der Waals surface area contributed by atoms with Gasteiger partial charge in [-0.1, -0.05) is 6.92 Å². The number of carbonyl (C=O) groups excluding carboxylic acids is 1. The van der Waals surface area contributed by atoms with Gasteiger partial charge in [0.15, 0.2) is 0 Å². The van der Waals surface area contributed by atoms with Gasteiger partial charge in [0.1, 0.15) is 5.75 Å². The standard InChI is InChI=1S/C12H18N2O2/c1-8(7-13)5-12(16)14-11-4-3-10(15)6-9(11)2/h3-4,6,8,15H,5,7,13H2,1-2H3,(H,14,16). The highest BCUT2D eigenvalue weighted by Gasteiger charge is 2.09. The molecule has 0 heterocycles. The van der Waals surface area contributed by atoms with Crippen molar-refractivity contribution < 1.29 is 9.90 Å². The molecule has 0 aliphatic heterocycles. The van der Waals surface area contributed by atoms with Gasteiger partial charge in [0, 0.05) is 12.1 Å². The number of hydrogen-bond acceptors (Lipinski definition) is 3. The maximum absolute atomic E-state index is 11.6. The maximum Gasteiger partial charge on any atom is 0.224 e. The molecule has 88 valence electrons. The van der Waals surface area contributed by atoms with Crippen LogP contribution in [0.1, 0.15) is 18.9 Å². The fourth-order valence-corrected chi connectivity index (χ4v) is 1.39. The lowest BCUT2D eigenvalue weighted by atomic mass is 10.1. The first-order valence-electron chi connectivity index (χ1n) is 5.32. The van der Waals surface area contributed by atoms with Crippen molar-refractivity contribution >= 4 is 11.6 Å². The van der Waals surface area contributed by atoms with Crippen molar-refractivity contribution in [1.82, 2.24) is 0 Å². The molecule has 1 amide bonds. The molecule has 1 unspecified atom stereocenters. The van der Waals surface area contributed by atoms with E-state index in [4.69, 9.17) is 5.73 Å². The van der Waals surface area contributed by atoms with Crippen molar-refractivity contribution in [2.24, 2.45) is 11.7 Å². The van der Waals surface area contributed by atoms with Gasteiger partial charge in [-0.2, -0.15) is 0 Å². The van der Waals surface area contributed by atoms with E-state index < -0.39 is 0 Å². The third-order valence-corrected chi connectivity index (χ3v) is 2.42. The molecular formula is C12H18N2O2. The van der Waals surface area contributed by atoms with Gasteiger partial charge < -0.3 is 16.2 Å². The lowest BCUT2D eigenvalue weighted by Gasteiger charge is -2.11. The zero-order chi connectivity index (χ0) is 12.1. The largest absolute Gasteiger partial charge is 0.508 e. The highest BCUT2D eigenvalue weighted by Crippen LogP contribution is 2.20. The van der Waals surface area contributed by atoms with Gasteiger partial charge in [0.25, 0.3) is 0 Å². The monoisotopic (exact) mass is 222 g/mol. The van der Waals surface area contributed by atoms with Gasteiger partial charge in [-0.15, -0.1) is 0 Å². The summed E-state index contributed by atoms with van der Waals surface area (Å²) in [7, 11) is 0. The minimum atomic E-state index is -0.0493. The summed E-state index contributed by atoms with van der Waals surface area (Å²) in [6.45, 7) is 4.27. The number of aromatic hydroxyl groups is 1. The van der Waals surface area contributed by atoms with Crippen LogP contribution < -0.4 is 11.1 Å². The number of phenols is 1. The van der Waals surface area contributed by atoms with Crippen LogP contribution in [-0.4, -0.2) is 17.6 Å². The lowest BCUT2D eigenvalue weighted by Crippen LogP contribution is -2.20. The first-order valence-corrected chi connectivity index (χ1v) is 5.32. The Hall–Kier alpha value is -1.55. The van der Waals surface area contributed by atoms with Crippen LogP contribution in [0.25, 0.3) is 0 Å². The summed E-state index contributed by atoms with van der Waals surface area (Å²) in [5.41, 5.74) is 7.02. The van der Waals surface area contributed by atoms with E-state index in [1.165, 1.54) is 0 Å². The third kappa shape index (κ3) is 3.55. The Labute approximate surface area is 95.5 Å². The van der Waals surface area contributed by atoms with Crippen molar-refractivity contribution in [3.8, 4) is 5.75 Å². The fourth-order valence-electron chi connectivity index (χ4n) is 1.39. The van der Waals surface area contributed by atoms with Crippen molar-refractivity contribution in [2.75, 3.05) is 11.9 Å². The molecule has 0 saturated carbocycles. The number of hydrogen-bond donors (Lipinski definition) is 3. The number of rotatable bonds is 4.